The van der Waals surface area contributed by atoms with Gasteiger partial charge in [-0.1, -0.05) is 43.2 Å². The Bertz CT molecular complexity index is 1150. The number of benzene rings is 2. The number of carbonyl (C=O) groups is 2. The lowest BCUT2D eigenvalue weighted by molar-refractivity contribution is -0.117. The fraction of sp³-hybridized carbons (Fsp3) is 0.407. The number of anilines is 1. The van der Waals surface area contributed by atoms with Crippen molar-refractivity contribution in [2.45, 2.75) is 38.3 Å². The van der Waals surface area contributed by atoms with Crippen LogP contribution in [0.4, 0.5) is 5.69 Å². The van der Waals surface area contributed by atoms with E-state index in [-0.39, 0.29) is 17.9 Å². The van der Waals surface area contributed by atoms with Gasteiger partial charge in [0.25, 0.3) is 5.91 Å². The van der Waals surface area contributed by atoms with E-state index in [2.05, 4.69) is 50.1 Å². The Morgan fingerprint density at radius 2 is 1.62 bits per heavy atom. The number of nitrogens with zero attached hydrogens (tertiary/aromatic N) is 2. The van der Waals surface area contributed by atoms with Crippen molar-refractivity contribution in [3.8, 4) is 0 Å². The van der Waals surface area contributed by atoms with Gasteiger partial charge in [0.05, 0.1) is 17.8 Å². The Kier molecular flexibility index (Phi) is 7.23. The Hall–Kier alpha value is -2.74. The van der Waals surface area contributed by atoms with Crippen molar-refractivity contribution >= 4 is 38.9 Å². The minimum absolute atomic E-state index is 0.0709. The largest absolute Gasteiger partial charge is 0.349 e. The maximum Gasteiger partial charge on any atom is 0.253 e. The summed E-state index contributed by atoms with van der Waals surface area (Å²) in [6.45, 7) is 4.90. The van der Waals surface area contributed by atoms with Crippen molar-refractivity contribution in [2.24, 2.45) is 0 Å². The summed E-state index contributed by atoms with van der Waals surface area (Å²) in [4.78, 5) is 30.2. The van der Waals surface area contributed by atoms with Crippen LogP contribution in [0.25, 0.3) is 10.1 Å². The van der Waals surface area contributed by atoms with Gasteiger partial charge in [-0.15, -0.1) is 11.3 Å². The molecule has 3 aromatic rings. The van der Waals surface area contributed by atoms with E-state index < -0.39 is 0 Å². The first-order valence-corrected chi connectivity index (χ1v) is 13.1. The highest BCUT2D eigenvalue weighted by molar-refractivity contribution is 7.17. The lowest BCUT2D eigenvalue weighted by Crippen LogP contribution is -2.48. The summed E-state index contributed by atoms with van der Waals surface area (Å²) in [5.41, 5.74) is 2.51. The monoisotopic (exact) mass is 476 g/mol. The molecule has 1 aromatic heterocycles. The van der Waals surface area contributed by atoms with Gasteiger partial charge in [0.15, 0.2) is 0 Å². The normalized spacial score (nSPS) is 17.8. The smallest absolute Gasteiger partial charge is 0.253 e. The molecule has 0 bridgehead atoms. The Balaban J connectivity index is 1.12. The van der Waals surface area contributed by atoms with E-state index in [1.165, 1.54) is 28.5 Å². The molecule has 0 radical (unpaired) electrons. The van der Waals surface area contributed by atoms with Crippen molar-refractivity contribution < 1.29 is 9.59 Å². The maximum atomic E-state index is 12.8. The van der Waals surface area contributed by atoms with Gasteiger partial charge in [-0.25, -0.2) is 0 Å². The molecular formula is C27H32N4O2S. The number of hydrogen-bond acceptors (Lipinski definition) is 5. The quantitative estimate of drug-likeness (QED) is 0.533. The second-order valence-corrected chi connectivity index (χ2v) is 10.3. The van der Waals surface area contributed by atoms with Crippen LogP contribution < -0.4 is 10.6 Å². The summed E-state index contributed by atoms with van der Waals surface area (Å²) < 4.78 is 1.34. The molecule has 2 heterocycles. The topological polar surface area (TPSA) is 64.7 Å². The average molecular weight is 477 g/mol. The van der Waals surface area contributed by atoms with Gasteiger partial charge in [0.2, 0.25) is 5.91 Å². The molecule has 178 valence electrons. The van der Waals surface area contributed by atoms with Crippen LogP contribution >= 0.6 is 11.3 Å². The van der Waals surface area contributed by atoms with Gasteiger partial charge in [-0.2, -0.15) is 0 Å². The average Bonchev–Trinajstić information content (AvgIpc) is 3.51. The van der Waals surface area contributed by atoms with Crippen LogP contribution in [0, 0.1) is 0 Å². The first kappa shape index (κ1) is 23.0. The molecule has 2 aliphatic rings. The molecule has 0 atom stereocenters. The fourth-order valence-corrected chi connectivity index (χ4v) is 5.97. The predicted molar refractivity (Wildman–Crippen MR) is 138 cm³/mol. The molecule has 2 amide bonds. The van der Waals surface area contributed by atoms with E-state index in [0.717, 1.165) is 45.6 Å². The zero-order valence-corrected chi connectivity index (χ0v) is 20.3. The SMILES string of the molecule is O=C(CN1CCN(Cc2csc3ccccc23)CC1)Nc1ccccc1C(=O)NC1CCCC1. The third-order valence-electron chi connectivity index (χ3n) is 6.92. The van der Waals surface area contributed by atoms with Crippen molar-refractivity contribution in [3.63, 3.8) is 0 Å². The van der Waals surface area contributed by atoms with Crippen LogP contribution in [0.5, 0.6) is 0 Å². The summed E-state index contributed by atoms with van der Waals surface area (Å²) >= 11 is 1.81. The molecule has 1 aliphatic heterocycles. The minimum atomic E-state index is -0.0997. The standard InChI is InChI=1S/C27H32N4O2S/c32-26(29-24-11-5-3-10-23(24)27(33)28-21-7-1-2-8-21)18-31-15-13-30(14-16-31)17-20-19-34-25-12-6-4-9-22(20)25/h3-6,9-12,19,21H,1-2,7-8,13-18H2,(H,28,33)(H,29,32). The number of amides is 2. The number of nitrogens with one attached hydrogen (secondary N) is 2. The molecule has 1 saturated heterocycles. The highest BCUT2D eigenvalue weighted by Crippen LogP contribution is 2.27. The van der Waals surface area contributed by atoms with Crippen molar-refractivity contribution in [2.75, 3.05) is 38.0 Å². The Morgan fingerprint density at radius 1 is 0.912 bits per heavy atom. The molecule has 0 spiro atoms. The van der Waals surface area contributed by atoms with Crippen molar-refractivity contribution in [1.29, 1.82) is 0 Å². The number of hydrogen-bond donors (Lipinski definition) is 2. The van der Waals surface area contributed by atoms with E-state index in [1.54, 1.807) is 17.4 Å². The highest BCUT2D eigenvalue weighted by Gasteiger charge is 2.22. The minimum Gasteiger partial charge on any atom is -0.349 e. The molecule has 2 fully saturated rings. The number of carbonyl (C=O) groups excluding carboxylic acids is 2. The molecule has 1 aliphatic carbocycles. The molecule has 34 heavy (non-hydrogen) atoms. The molecule has 2 N–H and O–H groups in total. The van der Waals surface area contributed by atoms with Gasteiger partial charge in [-0.3, -0.25) is 19.4 Å². The second-order valence-electron chi connectivity index (χ2n) is 9.36. The number of rotatable bonds is 7. The van der Waals surface area contributed by atoms with Crippen LogP contribution in [0.1, 0.15) is 41.6 Å². The number of para-hydroxylation sites is 1. The second kappa shape index (κ2) is 10.7. The van der Waals surface area contributed by atoms with Crippen LogP contribution in [0.15, 0.2) is 53.9 Å². The summed E-state index contributed by atoms with van der Waals surface area (Å²) in [5, 5.41) is 9.72. The number of fused-ring (bicyclic) bond motifs is 1. The fourth-order valence-electron chi connectivity index (χ4n) is 5.02. The zero-order valence-electron chi connectivity index (χ0n) is 19.5. The van der Waals surface area contributed by atoms with Crippen LogP contribution in [0.3, 0.4) is 0 Å². The molecule has 5 rings (SSSR count). The highest BCUT2D eigenvalue weighted by atomic mass is 32.1. The molecule has 1 saturated carbocycles. The number of thiophene rings is 1. The molecule has 2 aromatic carbocycles. The van der Waals surface area contributed by atoms with Gasteiger partial charge in [0, 0.05) is 43.5 Å². The zero-order chi connectivity index (χ0) is 23.3. The number of piperazine rings is 1. The third-order valence-corrected chi connectivity index (χ3v) is 7.94. The van der Waals surface area contributed by atoms with Gasteiger partial charge in [-0.05, 0) is 47.4 Å². The summed E-state index contributed by atoms with van der Waals surface area (Å²) in [6.07, 6.45) is 4.41. The van der Waals surface area contributed by atoms with Gasteiger partial charge < -0.3 is 10.6 Å². The molecule has 0 unspecified atom stereocenters. The van der Waals surface area contributed by atoms with E-state index in [9.17, 15) is 9.59 Å². The van der Waals surface area contributed by atoms with E-state index in [1.807, 2.05) is 18.2 Å². The van der Waals surface area contributed by atoms with Gasteiger partial charge in [0.1, 0.15) is 0 Å². The molecule has 6 nitrogen and oxygen atoms in total. The van der Waals surface area contributed by atoms with Crippen LogP contribution in [-0.4, -0.2) is 60.4 Å². The van der Waals surface area contributed by atoms with Crippen LogP contribution in [-0.2, 0) is 11.3 Å². The summed E-state index contributed by atoms with van der Waals surface area (Å²) in [5.74, 6) is -0.171. The first-order valence-electron chi connectivity index (χ1n) is 12.3. The van der Waals surface area contributed by atoms with E-state index >= 15 is 0 Å². The van der Waals surface area contributed by atoms with Gasteiger partial charge >= 0.3 is 0 Å². The molecule has 7 heteroatoms. The lowest BCUT2D eigenvalue weighted by atomic mass is 10.1. The predicted octanol–water partition coefficient (Wildman–Crippen LogP) is 4.33. The maximum absolute atomic E-state index is 12.8. The van der Waals surface area contributed by atoms with Crippen molar-refractivity contribution in [3.05, 3.63) is 65.0 Å². The van der Waals surface area contributed by atoms with E-state index in [4.69, 9.17) is 0 Å². The Morgan fingerprint density at radius 3 is 2.44 bits per heavy atom. The first-order chi connectivity index (χ1) is 16.7. The Labute approximate surface area is 204 Å². The lowest BCUT2D eigenvalue weighted by Gasteiger charge is -2.34. The molecular weight excluding hydrogens is 444 g/mol. The van der Waals surface area contributed by atoms with Crippen molar-refractivity contribution in [1.82, 2.24) is 15.1 Å². The van der Waals surface area contributed by atoms with Crippen LogP contribution in [0.2, 0.25) is 0 Å². The summed E-state index contributed by atoms with van der Waals surface area (Å²) in [6, 6.07) is 16.1. The van der Waals surface area contributed by atoms with E-state index in [0.29, 0.717) is 17.8 Å². The summed E-state index contributed by atoms with van der Waals surface area (Å²) in [7, 11) is 0. The third kappa shape index (κ3) is 5.49.